The number of hydrogen-bond acceptors (Lipinski definition) is 6. The average molecular weight is 540 g/mol. The van der Waals surface area contributed by atoms with E-state index in [-0.39, 0.29) is 31.4 Å². The van der Waals surface area contributed by atoms with E-state index in [2.05, 4.69) is 10.3 Å². The van der Waals surface area contributed by atoms with Crippen LogP contribution < -0.4 is 5.32 Å². The molecule has 0 spiro atoms. The zero-order chi connectivity index (χ0) is 26.4. The lowest BCUT2D eigenvalue weighted by Gasteiger charge is -2.32. The van der Waals surface area contributed by atoms with E-state index >= 15 is 0 Å². The number of rotatable bonds is 7. The van der Waals surface area contributed by atoms with E-state index in [1.54, 1.807) is 43.3 Å². The molecule has 2 amide bonds. The highest BCUT2D eigenvalue weighted by Gasteiger charge is 2.36. The summed E-state index contributed by atoms with van der Waals surface area (Å²) in [5.74, 6) is -1.51. The van der Waals surface area contributed by atoms with Crippen LogP contribution in [-0.2, 0) is 20.9 Å². The summed E-state index contributed by atoms with van der Waals surface area (Å²) in [5, 5.41) is 2.91. The highest BCUT2D eigenvalue weighted by molar-refractivity contribution is 8.15. The number of benzene rings is 3. The van der Waals surface area contributed by atoms with Crippen LogP contribution >= 0.6 is 23.4 Å². The van der Waals surface area contributed by atoms with Gasteiger partial charge in [-0.3, -0.25) is 14.5 Å². The molecule has 1 aliphatic heterocycles. The number of amidine groups is 1. The van der Waals surface area contributed by atoms with Crippen molar-refractivity contribution >= 4 is 57.7 Å². The molecule has 0 aliphatic carbocycles. The van der Waals surface area contributed by atoms with E-state index in [4.69, 9.17) is 16.3 Å². The van der Waals surface area contributed by atoms with Crippen molar-refractivity contribution in [2.45, 2.75) is 25.1 Å². The van der Waals surface area contributed by atoms with Gasteiger partial charge in [0.25, 0.3) is 0 Å². The molecule has 0 aromatic heterocycles. The van der Waals surface area contributed by atoms with E-state index in [0.29, 0.717) is 27.1 Å². The van der Waals surface area contributed by atoms with Crippen molar-refractivity contribution < 1.29 is 23.5 Å². The molecule has 10 heteroatoms. The van der Waals surface area contributed by atoms with Gasteiger partial charge in [-0.15, -0.1) is 0 Å². The molecular weight excluding hydrogens is 517 g/mol. The maximum atomic E-state index is 13.2. The summed E-state index contributed by atoms with van der Waals surface area (Å²) in [6.45, 7) is 2.24. The van der Waals surface area contributed by atoms with Crippen LogP contribution in [0.3, 0.4) is 0 Å². The van der Waals surface area contributed by atoms with Crippen LogP contribution in [0.5, 0.6) is 0 Å². The molecule has 4 rings (SSSR count). The third-order valence-corrected chi connectivity index (χ3v) is 6.84. The van der Waals surface area contributed by atoms with Crippen LogP contribution in [0.15, 0.2) is 77.8 Å². The molecule has 37 heavy (non-hydrogen) atoms. The number of carbonyl (C=O) groups is 3. The lowest BCUT2D eigenvalue weighted by atomic mass is 10.2. The topological polar surface area (TPSA) is 88.1 Å². The molecule has 3 aromatic carbocycles. The monoisotopic (exact) mass is 539 g/mol. The summed E-state index contributed by atoms with van der Waals surface area (Å²) >= 11 is 7.16. The fourth-order valence-electron chi connectivity index (χ4n) is 3.52. The summed E-state index contributed by atoms with van der Waals surface area (Å²) in [6, 6.07) is 19.0. The molecule has 190 valence electrons. The number of anilines is 1. The lowest BCUT2D eigenvalue weighted by molar-refractivity contribution is -0.129. The Labute approximate surface area is 222 Å². The maximum absolute atomic E-state index is 13.2. The van der Waals surface area contributed by atoms with Crippen molar-refractivity contribution in [3.8, 4) is 0 Å². The number of amides is 2. The normalized spacial score (nSPS) is 16.5. The number of aliphatic imine (C=N–C) groups is 1. The molecule has 3 aromatic rings. The van der Waals surface area contributed by atoms with E-state index in [9.17, 15) is 18.8 Å². The van der Waals surface area contributed by atoms with Gasteiger partial charge >= 0.3 is 5.97 Å². The third-order valence-electron chi connectivity index (χ3n) is 5.40. The zero-order valence-corrected chi connectivity index (χ0v) is 21.4. The first kappa shape index (κ1) is 26.4. The molecule has 1 saturated heterocycles. The van der Waals surface area contributed by atoms with Gasteiger partial charge < -0.3 is 10.1 Å². The fraction of sp³-hybridized carbons (Fsp3) is 0.185. The zero-order valence-electron chi connectivity index (χ0n) is 19.8. The Morgan fingerprint density at radius 2 is 1.76 bits per heavy atom. The number of nitrogens with one attached hydrogen (secondary N) is 1. The number of nitrogens with zero attached hydrogens (tertiary/aromatic N) is 2. The second-order valence-electron chi connectivity index (χ2n) is 8.07. The van der Waals surface area contributed by atoms with Crippen LogP contribution in [0.25, 0.3) is 0 Å². The van der Waals surface area contributed by atoms with Crippen molar-refractivity contribution in [2.75, 3.05) is 11.9 Å². The smallest absolute Gasteiger partial charge is 0.338 e. The predicted molar refractivity (Wildman–Crippen MR) is 143 cm³/mol. The molecule has 0 radical (unpaired) electrons. The van der Waals surface area contributed by atoms with Gasteiger partial charge in [0.15, 0.2) is 5.17 Å². The van der Waals surface area contributed by atoms with Gasteiger partial charge in [-0.1, -0.05) is 35.5 Å². The quantitative estimate of drug-likeness (QED) is 0.382. The number of hydrogen-bond donors (Lipinski definition) is 1. The summed E-state index contributed by atoms with van der Waals surface area (Å²) in [7, 11) is 0. The van der Waals surface area contributed by atoms with Crippen LogP contribution in [-0.4, -0.2) is 39.7 Å². The van der Waals surface area contributed by atoms with Crippen molar-refractivity contribution in [1.29, 1.82) is 0 Å². The number of thioether (sulfide) groups is 1. The second-order valence-corrected chi connectivity index (χ2v) is 9.68. The summed E-state index contributed by atoms with van der Waals surface area (Å²) in [6.07, 6.45) is -0.0356. The molecule has 1 N–H and O–H groups in total. The first-order valence-electron chi connectivity index (χ1n) is 11.5. The van der Waals surface area contributed by atoms with Crippen molar-refractivity contribution in [3.63, 3.8) is 0 Å². The van der Waals surface area contributed by atoms with E-state index in [0.717, 1.165) is 17.3 Å². The minimum atomic E-state index is -0.739. The minimum Gasteiger partial charge on any atom is -0.462 e. The highest BCUT2D eigenvalue weighted by Crippen LogP contribution is 2.31. The van der Waals surface area contributed by atoms with Gasteiger partial charge in [0.1, 0.15) is 11.1 Å². The average Bonchev–Trinajstić information content (AvgIpc) is 2.89. The first-order chi connectivity index (χ1) is 17.8. The van der Waals surface area contributed by atoms with Crippen LogP contribution in [0.4, 0.5) is 15.8 Å². The largest absolute Gasteiger partial charge is 0.462 e. The predicted octanol–water partition coefficient (Wildman–Crippen LogP) is 5.82. The second kappa shape index (κ2) is 12.0. The molecule has 7 nitrogen and oxygen atoms in total. The highest BCUT2D eigenvalue weighted by atomic mass is 35.5. The molecular formula is C27H23ClFN3O4S. The first-order valence-corrected chi connectivity index (χ1v) is 12.7. The Hall–Kier alpha value is -3.69. The van der Waals surface area contributed by atoms with Gasteiger partial charge in [0, 0.05) is 17.1 Å². The lowest BCUT2D eigenvalue weighted by Crippen LogP contribution is -2.44. The van der Waals surface area contributed by atoms with Gasteiger partial charge in [0.05, 0.1) is 24.4 Å². The number of carbonyl (C=O) groups excluding carboxylic acids is 3. The molecule has 1 heterocycles. The SMILES string of the molecule is CCOC(=O)c1ccc(N=C2SC(C(=O)Nc3ccc(F)cc3)CC(=O)N2Cc2ccc(Cl)cc2)cc1. The van der Waals surface area contributed by atoms with Crippen LogP contribution in [0.2, 0.25) is 5.02 Å². The Morgan fingerprint density at radius 1 is 1.08 bits per heavy atom. The van der Waals surface area contributed by atoms with Gasteiger partial charge in [-0.05, 0) is 73.2 Å². The fourth-order valence-corrected chi connectivity index (χ4v) is 4.75. The van der Waals surface area contributed by atoms with Gasteiger partial charge in [-0.2, -0.15) is 0 Å². The third kappa shape index (κ3) is 6.96. The number of ether oxygens (including phenoxy) is 1. The molecule has 1 atom stereocenters. The molecule has 0 bridgehead atoms. The summed E-state index contributed by atoms with van der Waals surface area (Å²) in [4.78, 5) is 44.3. The number of halogens is 2. The van der Waals surface area contributed by atoms with Gasteiger partial charge in [-0.25, -0.2) is 14.2 Å². The Bertz CT molecular complexity index is 1310. The Morgan fingerprint density at radius 3 is 2.41 bits per heavy atom. The van der Waals surface area contributed by atoms with Gasteiger partial charge in [0.2, 0.25) is 11.8 Å². The minimum absolute atomic E-state index is 0.0356. The van der Waals surface area contributed by atoms with Crippen molar-refractivity contribution in [3.05, 3.63) is 94.8 Å². The van der Waals surface area contributed by atoms with E-state index < -0.39 is 17.0 Å². The molecule has 1 unspecified atom stereocenters. The molecule has 0 saturated carbocycles. The molecule has 1 fully saturated rings. The van der Waals surface area contributed by atoms with Crippen molar-refractivity contribution in [2.24, 2.45) is 4.99 Å². The standard InChI is InChI=1S/C27H23ClFN3O4S/c1-2-36-26(35)18-5-11-22(12-6-18)31-27-32(16-17-3-7-19(28)8-4-17)24(33)15-23(37-27)25(34)30-21-13-9-20(29)10-14-21/h3-14,23H,2,15-16H2,1H3,(H,30,34). The Kier molecular flexibility index (Phi) is 8.58. The van der Waals surface area contributed by atoms with Crippen LogP contribution in [0, 0.1) is 5.82 Å². The van der Waals surface area contributed by atoms with Crippen molar-refractivity contribution in [1.82, 2.24) is 4.90 Å². The van der Waals surface area contributed by atoms with E-state index in [1.807, 2.05) is 12.1 Å². The molecule has 1 aliphatic rings. The van der Waals surface area contributed by atoms with E-state index in [1.165, 1.54) is 29.2 Å². The summed E-state index contributed by atoms with van der Waals surface area (Å²) in [5.41, 5.74) is 2.16. The van der Waals surface area contributed by atoms with Crippen LogP contribution in [0.1, 0.15) is 29.3 Å². The Balaban J connectivity index is 1.59. The summed E-state index contributed by atoms with van der Waals surface area (Å²) < 4.78 is 18.2. The maximum Gasteiger partial charge on any atom is 0.338 e. The number of esters is 1.